The number of Topliss-reactive ketones (excluding diaryl/α,β-unsaturated/α-hetero) is 1. The van der Waals surface area contributed by atoms with Crippen LogP contribution in [-0.2, 0) is 9.59 Å². The van der Waals surface area contributed by atoms with Crippen LogP contribution < -0.4 is 11.1 Å². The molecule has 13 heavy (non-hydrogen) atoms. The molecule has 0 radical (unpaired) electrons. The topological polar surface area (TPSA) is 72.2 Å². The number of nitrogens with one attached hydrogen (secondary N) is 1. The summed E-state index contributed by atoms with van der Waals surface area (Å²) in [6, 6.07) is -0.290. The second-order valence-corrected chi connectivity index (χ2v) is 4.00. The van der Waals surface area contributed by atoms with Crippen LogP contribution in [0, 0.1) is 0 Å². The normalized spacial score (nSPS) is 38.8. The Balaban J connectivity index is 2.12. The highest BCUT2D eigenvalue weighted by Crippen LogP contribution is 2.35. The molecule has 2 unspecified atom stereocenters. The smallest absolute Gasteiger partial charge is 0.234 e. The van der Waals surface area contributed by atoms with Gasteiger partial charge in [0.25, 0.3) is 0 Å². The lowest BCUT2D eigenvalue weighted by Crippen LogP contribution is -2.50. The standard InChI is InChI=1S/C9H14N2O2/c10-8(13)6-3-5-9(11-6)4-1-2-7(9)12/h6,11H,1-5H2,(H2,10,13). The Hall–Kier alpha value is -0.900. The number of primary amides is 1. The quantitative estimate of drug-likeness (QED) is 0.585. The van der Waals surface area contributed by atoms with Crippen molar-refractivity contribution in [1.82, 2.24) is 5.32 Å². The maximum absolute atomic E-state index is 11.6. The molecule has 1 aliphatic carbocycles. The Morgan fingerprint density at radius 1 is 1.54 bits per heavy atom. The molecule has 0 aromatic carbocycles. The van der Waals surface area contributed by atoms with Gasteiger partial charge in [0.2, 0.25) is 5.91 Å². The maximum atomic E-state index is 11.6. The van der Waals surface area contributed by atoms with Crippen LogP contribution in [0.15, 0.2) is 0 Å². The number of rotatable bonds is 1. The summed E-state index contributed by atoms with van der Waals surface area (Å²) in [6.45, 7) is 0. The molecule has 2 atom stereocenters. The number of hydrogen-bond donors (Lipinski definition) is 2. The summed E-state index contributed by atoms with van der Waals surface area (Å²) < 4.78 is 0. The molecule has 2 aliphatic rings. The van der Waals surface area contributed by atoms with Crippen LogP contribution in [0.25, 0.3) is 0 Å². The third-order valence-electron chi connectivity index (χ3n) is 3.19. The minimum absolute atomic E-state index is 0.260. The number of hydrogen-bond acceptors (Lipinski definition) is 3. The van der Waals surface area contributed by atoms with Gasteiger partial charge in [-0.3, -0.25) is 14.9 Å². The fraction of sp³-hybridized carbons (Fsp3) is 0.778. The maximum Gasteiger partial charge on any atom is 0.234 e. The second kappa shape index (κ2) is 2.80. The molecule has 0 aromatic heterocycles. The van der Waals surface area contributed by atoms with E-state index < -0.39 is 0 Å². The van der Waals surface area contributed by atoms with Crippen LogP contribution in [0.2, 0.25) is 0 Å². The first-order chi connectivity index (χ1) is 6.14. The molecule has 72 valence electrons. The molecule has 1 saturated carbocycles. The molecule has 1 aliphatic heterocycles. The lowest BCUT2D eigenvalue weighted by Gasteiger charge is -2.22. The predicted molar refractivity (Wildman–Crippen MR) is 46.9 cm³/mol. The lowest BCUT2D eigenvalue weighted by atomic mass is 9.95. The number of ketones is 1. The molecular weight excluding hydrogens is 168 g/mol. The van der Waals surface area contributed by atoms with Crippen molar-refractivity contribution in [3.8, 4) is 0 Å². The van der Waals surface area contributed by atoms with Crippen molar-refractivity contribution in [2.45, 2.75) is 43.7 Å². The van der Waals surface area contributed by atoms with Gasteiger partial charge in [-0.15, -0.1) is 0 Å². The van der Waals surface area contributed by atoms with Crippen LogP contribution >= 0.6 is 0 Å². The van der Waals surface area contributed by atoms with E-state index in [1.54, 1.807) is 0 Å². The van der Waals surface area contributed by atoms with E-state index in [1.165, 1.54) is 0 Å². The molecule has 3 N–H and O–H groups in total. The van der Waals surface area contributed by atoms with E-state index >= 15 is 0 Å². The Bertz CT molecular complexity index is 264. The van der Waals surface area contributed by atoms with Gasteiger partial charge < -0.3 is 5.73 Å². The number of carbonyl (C=O) groups is 2. The second-order valence-electron chi connectivity index (χ2n) is 4.00. The van der Waals surface area contributed by atoms with Crippen LogP contribution in [-0.4, -0.2) is 23.3 Å². The summed E-state index contributed by atoms with van der Waals surface area (Å²) in [5, 5.41) is 3.09. The SMILES string of the molecule is NC(=O)C1CCC2(CCCC2=O)N1. The molecule has 4 heteroatoms. The molecule has 1 heterocycles. The highest BCUT2D eigenvalue weighted by atomic mass is 16.1. The number of carbonyl (C=O) groups excluding carboxylic acids is 2. The minimum atomic E-state index is -0.389. The van der Waals surface area contributed by atoms with Crippen molar-refractivity contribution in [1.29, 1.82) is 0 Å². The molecule has 0 aromatic rings. The van der Waals surface area contributed by atoms with E-state index in [9.17, 15) is 9.59 Å². The van der Waals surface area contributed by atoms with E-state index in [-0.39, 0.29) is 23.3 Å². The van der Waals surface area contributed by atoms with E-state index in [2.05, 4.69) is 5.32 Å². The lowest BCUT2D eigenvalue weighted by molar-refractivity contribution is -0.123. The zero-order chi connectivity index (χ0) is 9.47. The third kappa shape index (κ3) is 1.25. The van der Waals surface area contributed by atoms with E-state index in [0.29, 0.717) is 12.8 Å². The van der Waals surface area contributed by atoms with Crippen LogP contribution in [0.5, 0.6) is 0 Å². The first kappa shape index (κ1) is 8.69. The van der Waals surface area contributed by atoms with Gasteiger partial charge in [0.1, 0.15) is 0 Å². The van der Waals surface area contributed by atoms with E-state index in [4.69, 9.17) is 5.73 Å². The van der Waals surface area contributed by atoms with Crippen molar-refractivity contribution >= 4 is 11.7 Å². The summed E-state index contributed by atoms with van der Waals surface area (Å²) in [5.74, 6) is -0.0761. The Labute approximate surface area is 76.9 Å². The molecule has 2 rings (SSSR count). The third-order valence-corrected chi connectivity index (χ3v) is 3.19. The van der Waals surface area contributed by atoms with E-state index in [1.807, 2.05) is 0 Å². The van der Waals surface area contributed by atoms with Crippen molar-refractivity contribution in [3.05, 3.63) is 0 Å². The van der Waals surface area contributed by atoms with Crippen molar-refractivity contribution in [2.75, 3.05) is 0 Å². The number of nitrogens with two attached hydrogens (primary N) is 1. The van der Waals surface area contributed by atoms with Gasteiger partial charge in [-0.05, 0) is 25.7 Å². The highest BCUT2D eigenvalue weighted by molar-refractivity contribution is 5.92. The van der Waals surface area contributed by atoms with Gasteiger partial charge in [0, 0.05) is 6.42 Å². The predicted octanol–water partition coefficient (Wildman–Crippen LogP) is -0.285. The van der Waals surface area contributed by atoms with Gasteiger partial charge in [0.05, 0.1) is 11.6 Å². The average molecular weight is 182 g/mol. The fourth-order valence-corrected chi connectivity index (χ4v) is 2.43. The van der Waals surface area contributed by atoms with Gasteiger partial charge in [-0.2, -0.15) is 0 Å². The average Bonchev–Trinajstić information content (AvgIpc) is 2.63. The largest absolute Gasteiger partial charge is 0.368 e. The van der Waals surface area contributed by atoms with Gasteiger partial charge >= 0.3 is 0 Å². The highest BCUT2D eigenvalue weighted by Gasteiger charge is 2.48. The summed E-state index contributed by atoms with van der Waals surface area (Å²) in [5.41, 5.74) is 4.79. The zero-order valence-electron chi connectivity index (χ0n) is 7.51. The summed E-state index contributed by atoms with van der Waals surface area (Å²) in [4.78, 5) is 22.4. The van der Waals surface area contributed by atoms with Crippen molar-refractivity contribution in [2.24, 2.45) is 5.73 Å². The van der Waals surface area contributed by atoms with Crippen molar-refractivity contribution in [3.63, 3.8) is 0 Å². The molecule has 1 spiro atoms. The Morgan fingerprint density at radius 2 is 2.31 bits per heavy atom. The Morgan fingerprint density at radius 3 is 2.77 bits per heavy atom. The van der Waals surface area contributed by atoms with Gasteiger partial charge in [-0.25, -0.2) is 0 Å². The first-order valence-electron chi connectivity index (χ1n) is 4.74. The summed E-state index contributed by atoms with van der Waals surface area (Å²) in [6.07, 6.45) is 3.95. The first-order valence-corrected chi connectivity index (χ1v) is 4.74. The van der Waals surface area contributed by atoms with Crippen LogP contribution in [0.4, 0.5) is 0 Å². The fourth-order valence-electron chi connectivity index (χ4n) is 2.43. The zero-order valence-corrected chi connectivity index (χ0v) is 7.51. The van der Waals surface area contributed by atoms with Crippen molar-refractivity contribution < 1.29 is 9.59 Å². The minimum Gasteiger partial charge on any atom is -0.368 e. The summed E-state index contributed by atoms with van der Waals surface area (Å²) >= 11 is 0. The van der Waals surface area contributed by atoms with Crippen LogP contribution in [0.3, 0.4) is 0 Å². The molecule has 2 fully saturated rings. The summed E-state index contributed by atoms with van der Waals surface area (Å²) in [7, 11) is 0. The monoisotopic (exact) mass is 182 g/mol. The molecule has 1 amide bonds. The van der Waals surface area contributed by atoms with Crippen LogP contribution in [0.1, 0.15) is 32.1 Å². The van der Waals surface area contributed by atoms with E-state index in [0.717, 1.165) is 19.3 Å². The Kier molecular flexibility index (Phi) is 1.87. The molecular formula is C9H14N2O2. The number of amides is 1. The molecule has 1 saturated heterocycles. The molecule has 4 nitrogen and oxygen atoms in total. The van der Waals surface area contributed by atoms with Gasteiger partial charge in [-0.1, -0.05) is 0 Å². The molecule has 0 bridgehead atoms. The van der Waals surface area contributed by atoms with Gasteiger partial charge in [0.15, 0.2) is 5.78 Å².